The van der Waals surface area contributed by atoms with E-state index in [0.717, 1.165) is 0 Å². The zero-order valence-corrected chi connectivity index (χ0v) is 11.2. The zero-order valence-electron chi connectivity index (χ0n) is 11.2. The lowest BCUT2D eigenvalue weighted by atomic mass is 10.1. The second kappa shape index (κ2) is 5.91. The quantitative estimate of drug-likeness (QED) is 0.510. The molecule has 108 valence electrons. The number of nitrogen functional groups attached to an aromatic ring is 1. The fourth-order valence-electron chi connectivity index (χ4n) is 1.79. The number of nitro groups is 1. The van der Waals surface area contributed by atoms with E-state index in [-0.39, 0.29) is 5.69 Å². The van der Waals surface area contributed by atoms with E-state index in [4.69, 9.17) is 10.5 Å². The number of nitrogens with two attached hydrogens (primary N) is 1. The Hall–Kier alpha value is -3.09. The van der Waals surface area contributed by atoms with E-state index in [1.807, 2.05) is 0 Å². The van der Waals surface area contributed by atoms with Crippen molar-refractivity contribution >= 4 is 23.0 Å². The van der Waals surface area contributed by atoms with Crippen LogP contribution >= 0.6 is 0 Å². The predicted octanol–water partition coefficient (Wildman–Crippen LogP) is 2.44. The maximum absolute atomic E-state index is 12.2. The minimum absolute atomic E-state index is 0.0999. The fraction of sp³-hybridized carbons (Fsp3) is 0.0714. The molecule has 2 rings (SSSR count). The number of nitro benzene ring substituents is 1. The number of nitrogens with zero attached hydrogens (tertiary/aromatic N) is 1. The van der Waals surface area contributed by atoms with Crippen LogP contribution in [0, 0.1) is 10.1 Å². The average molecular weight is 287 g/mol. The maximum atomic E-state index is 12.2. The summed E-state index contributed by atoms with van der Waals surface area (Å²) in [6.45, 7) is 0. The molecule has 21 heavy (non-hydrogen) atoms. The predicted molar refractivity (Wildman–Crippen MR) is 78.5 cm³/mol. The number of ether oxygens (including phenoxy) is 1. The van der Waals surface area contributed by atoms with Gasteiger partial charge in [-0.2, -0.15) is 0 Å². The van der Waals surface area contributed by atoms with Gasteiger partial charge in [0, 0.05) is 29.6 Å². The molecule has 7 nitrogen and oxygen atoms in total. The molecular formula is C14H13N3O4. The van der Waals surface area contributed by atoms with Crippen LogP contribution in [0.3, 0.4) is 0 Å². The van der Waals surface area contributed by atoms with E-state index in [0.29, 0.717) is 22.7 Å². The highest BCUT2D eigenvalue weighted by Crippen LogP contribution is 2.23. The van der Waals surface area contributed by atoms with Gasteiger partial charge in [0.1, 0.15) is 5.75 Å². The van der Waals surface area contributed by atoms with Crippen molar-refractivity contribution in [3.8, 4) is 5.75 Å². The van der Waals surface area contributed by atoms with Crippen LogP contribution in [0.4, 0.5) is 17.1 Å². The minimum atomic E-state index is -0.528. The highest BCUT2D eigenvalue weighted by atomic mass is 16.6. The summed E-state index contributed by atoms with van der Waals surface area (Å²) in [5.74, 6) is -0.106. The van der Waals surface area contributed by atoms with Gasteiger partial charge in [-0.3, -0.25) is 14.9 Å². The number of anilines is 2. The Bertz CT molecular complexity index is 700. The van der Waals surface area contributed by atoms with E-state index in [2.05, 4.69) is 5.32 Å². The number of hydrogen-bond acceptors (Lipinski definition) is 5. The summed E-state index contributed by atoms with van der Waals surface area (Å²) < 4.78 is 5.10. The summed E-state index contributed by atoms with van der Waals surface area (Å²) in [5.41, 5.74) is 6.61. The van der Waals surface area contributed by atoms with Crippen LogP contribution in [-0.2, 0) is 0 Å². The first kappa shape index (κ1) is 14.3. The van der Waals surface area contributed by atoms with Crippen LogP contribution in [0.5, 0.6) is 5.75 Å². The van der Waals surface area contributed by atoms with Gasteiger partial charge in [-0.25, -0.2) is 0 Å². The number of carbonyl (C=O) groups excluding carboxylic acids is 1. The number of carbonyl (C=O) groups is 1. The average Bonchev–Trinajstić information content (AvgIpc) is 2.47. The second-order valence-electron chi connectivity index (χ2n) is 4.22. The van der Waals surface area contributed by atoms with Gasteiger partial charge in [-0.15, -0.1) is 0 Å². The van der Waals surface area contributed by atoms with Gasteiger partial charge in [0.15, 0.2) is 0 Å². The van der Waals surface area contributed by atoms with E-state index in [1.165, 1.54) is 37.4 Å². The fourth-order valence-corrected chi connectivity index (χ4v) is 1.79. The smallest absolute Gasteiger partial charge is 0.271 e. The molecule has 7 heteroatoms. The Morgan fingerprint density at radius 1 is 1.29 bits per heavy atom. The van der Waals surface area contributed by atoms with Crippen molar-refractivity contribution < 1.29 is 14.5 Å². The molecule has 0 saturated carbocycles. The lowest BCUT2D eigenvalue weighted by Gasteiger charge is -2.10. The summed E-state index contributed by atoms with van der Waals surface area (Å²) >= 11 is 0. The molecule has 0 fully saturated rings. The molecule has 0 radical (unpaired) electrons. The zero-order chi connectivity index (χ0) is 15.4. The second-order valence-corrected chi connectivity index (χ2v) is 4.22. The first-order valence-electron chi connectivity index (χ1n) is 6.00. The van der Waals surface area contributed by atoms with Gasteiger partial charge in [0.25, 0.3) is 11.6 Å². The Morgan fingerprint density at radius 2 is 2.05 bits per heavy atom. The molecule has 0 spiro atoms. The topological polar surface area (TPSA) is 107 Å². The Labute approximate surface area is 120 Å². The summed E-state index contributed by atoms with van der Waals surface area (Å²) in [6, 6.07) is 10.3. The molecule has 0 atom stereocenters. The minimum Gasteiger partial charge on any atom is -0.496 e. The largest absolute Gasteiger partial charge is 0.496 e. The number of rotatable bonds is 4. The molecule has 0 aromatic heterocycles. The molecular weight excluding hydrogens is 274 g/mol. The highest BCUT2D eigenvalue weighted by Gasteiger charge is 2.14. The molecule has 0 saturated heterocycles. The van der Waals surface area contributed by atoms with E-state index >= 15 is 0 Å². The molecule has 3 N–H and O–H groups in total. The first-order valence-corrected chi connectivity index (χ1v) is 6.00. The van der Waals surface area contributed by atoms with Crippen LogP contribution in [0.2, 0.25) is 0 Å². The van der Waals surface area contributed by atoms with Crippen molar-refractivity contribution in [2.45, 2.75) is 0 Å². The monoisotopic (exact) mass is 287 g/mol. The molecule has 0 bridgehead atoms. The third kappa shape index (κ3) is 3.27. The summed E-state index contributed by atoms with van der Waals surface area (Å²) in [5, 5.41) is 13.3. The van der Waals surface area contributed by atoms with Crippen LogP contribution < -0.4 is 15.8 Å². The van der Waals surface area contributed by atoms with E-state index < -0.39 is 10.8 Å². The highest BCUT2D eigenvalue weighted by molar-refractivity contribution is 6.06. The normalized spacial score (nSPS) is 9.95. The first-order chi connectivity index (χ1) is 10.0. The number of nitrogens with one attached hydrogen (secondary N) is 1. The molecule has 2 aromatic carbocycles. The van der Waals surface area contributed by atoms with Gasteiger partial charge in [-0.05, 0) is 18.2 Å². The molecule has 0 aliphatic heterocycles. The van der Waals surface area contributed by atoms with Gasteiger partial charge >= 0.3 is 0 Å². The van der Waals surface area contributed by atoms with Crippen molar-refractivity contribution in [1.82, 2.24) is 0 Å². The number of non-ortho nitro benzene ring substituents is 1. The molecule has 0 heterocycles. The van der Waals surface area contributed by atoms with Crippen molar-refractivity contribution in [1.29, 1.82) is 0 Å². The third-order valence-electron chi connectivity index (χ3n) is 2.79. The third-order valence-corrected chi connectivity index (χ3v) is 2.79. The van der Waals surface area contributed by atoms with Crippen LogP contribution in [-0.4, -0.2) is 17.9 Å². The number of hydrogen-bond donors (Lipinski definition) is 2. The van der Waals surface area contributed by atoms with Crippen molar-refractivity contribution in [3.63, 3.8) is 0 Å². The Morgan fingerprint density at radius 3 is 2.71 bits per heavy atom. The summed E-state index contributed by atoms with van der Waals surface area (Å²) in [4.78, 5) is 22.4. The van der Waals surface area contributed by atoms with Crippen molar-refractivity contribution in [3.05, 3.63) is 58.1 Å². The SMILES string of the molecule is COc1cc(N)ccc1C(=O)Nc1cccc([N+](=O)[O-])c1. The lowest BCUT2D eigenvalue weighted by molar-refractivity contribution is -0.384. The molecule has 0 aliphatic carbocycles. The van der Waals surface area contributed by atoms with E-state index in [1.54, 1.807) is 12.1 Å². The number of benzene rings is 2. The molecule has 0 aliphatic rings. The maximum Gasteiger partial charge on any atom is 0.271 e. The van der Waals surface area contributed by atoms with Gasteiger partial charge in [0.2, 0.25) is 0 Å². The molecule has 0 unspecified atom stereocenters. The Balaban J connectivity index is 2.26. The summed E-state index contributed by atoms with van der Waals surface area (Å²) in [6.07, 6.45) is 0. The van der Waals surface area contributed by atoms with E-state index in [9.17, 15) is 14.9 Å². The number of methoxy groups -OCH3 is 1. The van der Waals surface area contributed by atoms with Crippen LogP contribution in [0.25, 0.3) is 0 Å². The van der Waals surface area contributed by atoms with Crippen molar-refractivity contribution in [2.24, 2.45) is 0 Å². The van der Waals surface area contributed by atoms with Crippen LogP contribution in [0.15, 0.2) is 42.5 Å². The molecule has 2 aromatic rings. The number of amides is 1. The van der Waals surface area contributed by atoms with Crippen molar-refractivity contribution in [2.75, 3.05) is 18.2 Å². The van der Waals surface area contributed by atoms with Crippen LogP contribution in [0.1, 0.15) is 10.4 Å². The Kier molecular flexibility index (Phi) is 4.03. The summed E-state index contributed by atoms with van der Waals surface area (Å²) in [7, 11) is 1.43. The standard InChI is InChI=1S/C14H13N3O4/c1-21-13-7-9(15)5-6-12(13)14(18)16-10-3-2-4-11(8-10)17(19)20/h2-8H,15H2,1H3,(H,16,18). The van der Waals surface area contributed by atoms with Gasteiger partial charge in [-0.1, -0.05) is 6.07 Å². The molecule has 1 amide bonds. The van der Waals surface area contributed by atoms with Gasteiger partial charge < -0.3 is 15.8 Å². The van der Waals surface area contributed by atoms with Gasteiger partial charge in [0.05, 0.1) is 17.6 Å². The lowest BCUT2D eigenvalue weighted by Crippen LogP contribution is -2.13.